The second-order valence-electron chi connectivity index (χ2n) is 6.23. The van der Waals surface area contributed by atoms with Crippen LogP contribution in [0, 0.1) is 0 Å². The van der Waals surface area contributed by atoms with Gasteiger partial charge < -0.3 is 4.90 Å². The second kappa shape index (κ2) is 9.06. The predicted molar refractivity (Wildman–Crippen MR) is 110 cm³/mol. The third kappa shape index (κ3) is 5.11. The van der Waals surface area contributed by atoms with E-state index in [1.807, 2.05) is 62.5 Å². The van der Waals surface area contributed by atoms with Gasteiger partial charge in [-0.05, 0) is 42.3 Å². The van der Waals surface area contributed by atoms with Gasteiger partial charge in [-0.15, -0.1) is 11.8 Å². The van der Waals surface area contributed by atoms with Crippen LogP contribution in [0.4, 0.5) is 0 Å². The molecular formula is C20H21ClN4OS. The largest absolute Gasteiger partial charge is 0.338 e. The molecule has 0 spiro atoms. The van der Waals surface area contributed by atoms with Crippen LogP contribution in [0.25, 0.3) is 5.69 Å². The van der Waals surface area contributed by atoms with Gasteiger partial charge in [0.2, 0.25) is 5.91 Å². The molecule has 1 atom stereocenters. The average molecular weight is 401 g/mol. The molecule has 0 bridgehead atoms. The fourth-order valence-electron chi connectivity index (χ4n) is 2.63. The Morgan fingerprint density at radius 2 is 1.89 bits per heavy atom. The van der Waals surface area contributed by atoms with Crippen molar-refractivity contribution in [2.75, 3.05) is 12.8 Å². The first-order chi connectivity index (χ1) is 13.0. The Balaban J connectivity index is 1.53. The van der Waals surface area contributed by atoms with E-state index in [-0.39, 0.29) is 11.9 Å². The number of amides is 1. The van der Waals surface area contributed by atoms with Gasteiger partial charge in [-0.25, -0.2) is 9.67 Å². The van der Waals surface area contributed by atoms with Crippen LogP contribution in [0.2, 0.25) is 5.02 Å². The molecule has 0 radical (unpaired) electrons. The number of nitrogens with zero attached hydrogens (tertiary/aromatic N) is 4. The van der Waals surface area contributed by atoms with Gasteiger partial charge in [-0.2, -0.15) is 5.10 Å². The molecule has 140 valence electrons. The van der Waals surface area contributed by atoms with Crippen LogP contribution in [-0.2, 0) is 10.5 Å². The quantitative estimate of drug-likeness (QED) is 0.590. The van der Waals surface area contributed by atoms with Crippen molar-refractivity contribution in [2.45, 2.75) is 18.7 Å². The van der Waals surface area contributed by atoms with Gasteiger partial charge in [0, 0.05) is 17.8 Å². The molecule has 0 aliphatic heterocycles. The van der Waals surface area contributed by atoms with Crippen LogP contribution in [0.5, 0.6) is 0 Å². The zero-order valence-electron chi connectivity index (χ0n) is 15.2. The highest BCUT2D eigenvalue weighted by molar-refractivity contribution is 7.99. The second-order valence-corrected chi connectivity index (χ2v) is 7.65. The molecule has 0 aliphatic rings. The average Bonchev–Trinajstić information content (AvgIpc) is 3.23. The van der Waals surface area contributed by atoms with Gasteiger partial charge in [-0.3, -0.25) is 4.79 Å². The first kappa shape index (κ1) is 19.5. The fourth-order valence-corrected chi connectivity index (χ4v) is 3.66. The van der Waals surface area contributed by atoms with Gasteiger partial charge in [0.15, 0.2) is 0 Å². The summed E-state index contributed by atoms with van der Waals surface area (Å²) in [6.45, 7) is 2.03. The SMILES string of the molecule is C[C@@H](c1ccc(-n2cncn2)cc1)N(C)C(=O)CSCc1ccc(Cl)cc1. The Bertz CT molecular complexity index is 866. The van der Waals surface area contributed by atoms with Crippen molar-refractivity contribution in [3.8, 4) is 5.69 Å². The zero-order chi connectivity index (χ0) is 19.2. The lowest BCUT2D eigenvalue weighted by atomic mass is 10.1. The molecule has 3 aromatic rings. The van der Waals surface area contributed by atoms with Crippen LogP contribution in [-0.4, -0.2) is 38.4 Å². The maximum Gasteiger partial charge on any atom is 0.232 e. The van der Waals surface area contributed by atoms with E-state index in [1.165, 1.54) is 6.33 Å². The smallest absolute Gasteiger partial charge is 0.232 e. The Labute approximate surface area is 168 Å². The van der Waals surface area contributed by atoms with Crippen molar-refractivity contribution in [3.63, 3.8) is 0 Å². The van der Waals surface area contributed by atoms with E-state index in [0.717, 1.165) is 27.6 Å². The molecule has 1 heterocycles. The minimum atomic E-state index is -0.00146. The number of hydrogen-bond donors (Lipinski definition) is 0. The standard InChI is InChI=1S/C20H21ClN4OS/c1-15(17-5-9-19(10-6-17)25-14-22-13-23-25)24(2)20(26)12-27-11-16-3-7-18(21)8-4-16/h3-10,13-15H,11-12H2,1-2H3/t15-/m0/s1. The number of carbonyl (C=O) groups excluding carboxylic acids is 1. The number of aromatic nitrogens is 3. The summed E-state index contributed by atoms with van der Waals surface area (Å²) in [7, 11) is 1.85. The van der Waals surface area contributed by atoms with Crippen molar-refractivity contribution in [3.05, 3.63) is 77.3 Å². The molecule has 5 nitrogen and oxygen atoms in total. The Morgan fingerprint density at radius 3 is 2.52 bits per heavy atom. The predicted octanol–water partition coefficient (Wildman–Crippen LogP) is 4.37. The zero-order valence-corrected chi connectivity index (χ0v) is 16.8. The summed E-state index contributed by atoms with van der Waals surface area (Å²) in [6, 6.07) is 15.7. The van der Waals surface area contributed by atoms with E-state index in [4.69, 9.17) is 11.6 Å². The summed E-state index contributed by atoms with van der Waals surface area (Å²) in [5.74, 6) is 1.35. The Kier molecular flexibility index (Phi) is 6.53. The third-order valence-electron chi connectivity index (χ3n) is 4.44. The maximum absolute atomic E-state index is 12.5. The molecule has 0 fully saturated rings. The lowest BCUT2D eigenvalue weighted by molar-refractivity contribution is -0.128. The van der Waals surface area contributed by atoms with Gasteiger partial charge in [0.05, 0.1) is 17.5 Å². The first-order valence-corrected chi connectivity index (χ1v) is 10.1. The molecule has 1 aromatic heterocycles. The normalized spacial score (nSPS) is 12.0. The Morgan fingerprint density at radius 1 is 1.19 bits per heavy atom. The molecule has 1 amide bonds. The third-order valence-corrected chi connectivity index (χ3v) is 5.68. The van der Waals surface area contributed by atoms with Crippen LogP contribution >= 0.6 is 23.4 Å². The molecular weight excluding hydrogens is 380 g/mol. The van der Waals surface area contributed by atoms with E-state index in [9.17, 15) is 4.79 Å². The first-order valence-electron chi connectivity index (χ1n) is 8.57. The van der Waals surface area contributed by atoms with Crippen molar-refractivity contribution in [1.29, 1.82) is 0 Å². The lowest BCUT2D eigenvalue weighted by Gasteiger charge is -2.25. The Hall–Kier alpha value is -2.31. The topological polar surface area (TPSA) is 51.0 Å². The number of rotatable bonds is 7. The molecule has 0 saturated heterocycles. The van der Waals surface area contributed by atoms with Gasteiger partial charge >= 0.3 is 0 Å². The molecule has 0 N–H and O–H groups in total. The lowest BCUT2D eigenvalue weighted by Crippen LogP contribution is -2.31. The van der Waals surface area contributed by atoms with E-state index in [2.05, 4.69) is 10.1 Å². The molecule has 7 heteroatoms. The summed E-state index contributed by atoms with van der Waals surface area (Å²) in [5, 5.41) is 4.84. The van der Waals surface area contributed by atoms with Crippen LogP contribution in [0.1, 0.15) is 24.1 Å². The number of halogens is 1. The minimum absolute atomic E-state index is 0.00146. The molecule has 3 rings (SSSR count). The monoisotopic (exact) mass is 400 g/mol. The number of hydrogen-bond acceptors (Lipinski definition) is 4. The number of thioether (sulfide) groups is 1. The molecule has 0 aliphatic carbocycles. The highest BCUT2D eigenvalue weighted by atomic mass is 35.5. The van der Waals surface area contributed by atoms with Crippen LogP contribution in [0.15, 0.2) is 61.2 Å². The number of carbonyl (C=O) groups is 1. The summed E-state index contributed by atoms with van der Waals surface area (Å²) >= 11 is 7.50. The molecule has 0 saturated carbocycles. The van der Waals surface area contributed by atoms with Gasteiger partial charge in [-0.1, -0.05) is 35.9 Å². The van der Waals surface area contributed by atoms with E-state index in [1.54, 1.807) is 27.7 Å². The number of benzene rings is 2. The van der Waals surface area contributed by atoms with Gasteiger partial charge in [0.1, 0.15) is 12.7 Å². The molecule has 0 unspecified atom stereocenters. The van der Waals surface area contributed by atoms with Crippen molar-refractivity contribution in [1.82, 2.24) is 19.7 Å². The summed E-state index contributed by atoms with van der Waals surface area (Å²) < 4.78 is 1.71. The summed E-state index contributed by atoms with van der Waals surface area (Å²) in [4.78, 5) is 18.3. The van der Waals surface area contributed by atoms with E-state index < -0.39 is 0 Å². The summed E-state index contributed by atoms with van der Waals surface area (Å²) in [5.41, 5.74) is 3.19. The van der Waals surface area contributed by atoms with E-state index in [0.29, 0.717) is 5.75 Å². The van der Waals surface area contributed by atoms with Crippen LogP contribution in [0.3, 0.4) is 0 Å². The highest BCUT2D eigenvalue weighted by Gasteiger charge is 2.17. The maximum atomic E-state index is 12.5. The minimum Gasteiger partial charge on any atom is -0.338 e. The van der Waals surface area contributed by atoms with Crippen molar-refractivity contribution in [2.24, 2.45) is 0 Å². The molecule has 2 aromatic carbocycles. The van der Waals surface area contributed by atoms with Crippen LogP contribution < -0.4 is 0 Å². The molecule has 27 heavy (non-hydrogen) atoms. The van der Waals surface area contributed by atoms with Crippen molar-refractivity contribution >= 4 is 29.3 Å². The summed E-state index contributed by atoms with van der Waals surface area (Å²) in [6.07, 6.45) is 3.16. The van der Waals surface area contributed by atoms with Gasteiger partial charge in [0.25, 0.3) is 0 Å². The van der Waals surface area contributed by atoms with E-state index >= 15 is 0 Å². The van der Waals surface area contributed by atoms with Crippen molar-refractivity contribution < 1.29 is 4.79 Å². The fraction of sp³-hybridized carbons (Fsp3) is 0.250. The highest BCUT2D eigenvalue weighted by Crippen LogP contribution is 2.22.